The average Bonchev–Trinajstić information content (AvgIpc) is 2.68. The SMILES string of the molecule is COC(=O)NC(C[N+](=O)[O-])c1cccs1. The van der Waals surface area contributed by atoms with Gasteiger partial charge in [-0.3, -0.25) is 10.1 Å². The number of nitrogens with zero attached hydrogens (tertiary/aromatic N) is 1. The maximum Gasteiger partial charge on any atom is 0.407 e. The molecule has 6 nitrogen and oxygen atoms in total. The van der Waals surface area contributed by atoms with Crippen molar-refractivity contribution in [2.45, 2.75) is 6.04 Å². The molecule has 1 atom stereocenters. The lowest BCUT2D eigenvalue weighted by molar-refractivity contribution is -0.484. The minimum Gasteiger partial charge on any atom is -0.453 e. The number of hydrogen-bond acceptors (Lipinski definition) is 5. The van der Waals surface area contributed by atoms with Crippen molar-refractivity contribution >= 4 is 17.4 Å². The standard InChI is InChI=1S/C8H10N2O4S/c1-14-8(11)9-6(5-10(12)13)7-3-2-4-15-7/h2-4,6H,5H2,1H3,(H,9,11). The van der Waals surface area contributed by atoms with Crippen molar-refractivity contribution in [3.63, 3.8) is 0 Å². The second kappa shape index (κ2) is 5.30. The highest BCUT2D eigenvalue weighted by Crippen LogP contribution is 2.19. The Morgan fingerprint density at radius 2 is 2.53 bits per heavy atom. The molecule has 1 N–H and O–H groups in total. The summed E-state index contributed by atoms with van der Waals surface area (Å²) in [7, 11) is 1.22. The summed E-state index contributed by atoms with van der Waals surface area (Å²) in [5.41, 5.74) is 0. The van der Waals surface area contributed by atoms with E-state index in [4.69, 9.17) is 0 Å². The molecule has 0 saturated heterocycles. The molecule has 1 amide bonds. The van der Waals surface area contributed by atoms with Gasteiger partial charge in [0.25, 0.3) is 0 Å². The van der Waals surface area contributed by atoms with E-state index in [0.29, 0.717) is 0 Å². The van der Waals surface area contributed by atoms with Crippen LogP contribution in [0.1, 0.15) is 10.9 Å². The van der Waals surface area contributed by atoms with E-state index in [1.165, 1.54) is 18.4 Å². The molecule has 1 aromatic heterocycles. The quantitative estimate of drug-likeness (QED) is 0.626. The van der Waals surface area contributed by atoms with Gasteiger partial charge in [-0.05, 0) is 11.4 Å². The van der Waals surface area contributed by atoms with Gasteiger partial charge in [0, 0.05) is 9.80 Å². The topological polar surface area (TPSA) is 81.5 Å². The molecule has 1 aromatic rings. The molecule has 0 saturated carbocycles. The summed E-state index contributed by atoms with van der Waals surface area (Å²) >= 11 is 1.35. The number of carbonyl (C=O) groups excluding carboxylic acids is 1. The van der Waals surface area contributed by atoms with Gasteiger partial charge in [-0.1, -0.05) is 6.07 Å². The Bertz CT molecular complexity index is 338. The highest BCUT2D eigenvalue weighted by Gasteiger charge is 2.21. The minimum atomic E-state index is -0.671. The van der Waals surface area contributed by atoms with Crippen LogP contribution in [0.3, 0.4) is 0 Å². The van der Waals surface area contributed by atoms with Crippen molar-refractivity contribution in [3.8, 4) is 0 Å². The van der Waals surface area contributed by atoms with Gasteiger partial charge in [-0.2, -0.15) is 0 Å². The Kier molecular flexibility index (Phi) is 4.04. The number of ether oxygens (including phenoxy) is 1. The maximum absolute atomic E-state index is 10.9. The molecule has 0 radical (unpaired) electrons. The number of amides is 1. The normalized spacial score (nSPS) is 11.8. The average molecular weight is 230 g/mol. The van der Waals surface area contributed by atoms with E-state index in [-0.39, 0.29) is 6.54 Å². The van der Waals surface area contributed by atoms with Crippen molar-refractivity contribution in [1.82, 2.24) is 5.32 Å². The highest BCUT2D eigenvalue weighted by atomic mass is 32.1. The summed E-state index contributed by atoms with van der Waals surface area (Å²) in [4.78, 5) is 21.6. The zero-order chi connectivity index (χ0) is 11.3. The fraction of sp³-hybridized carbons (Fsp3) is 0.375. The van der Waals surface area contributed by atoms with Crippen LogP contribution >= 0.6 is 11.3 Å². The number of alkyl carbamates (subject to hydrolysis) is 1. The second-order valence-corrected chi connectivity index (χ2v) is 3.70. The third-order valence-electron chi connectivity index (χ3n) is 1.70. The molecule has 0 aliphatic carbocycles. The molecule has 0 aromatic carbocycles. The Labute approximate surface area is 90.0 Å². The van der Waals surface area contributed by atoms with E-state index in [9.17, 15) is 14.9 Å². The van der Waals surface area contributed by atoms with Gasteiger partial charge in [0.1, 0.15) is 6.04 Å². The van der Waals surface area contributed by atoms with Crippen LogP contribution in [0.2, 0.25) is 0 Å². The van der Waals surface area contributed by atoms with E-state index >= 15 is 0 Å². The van der Waals surface area contributed by atoms with Crippen LogP contribution in [0.4, 0.5) is 4.79 Å². The molecule has 15 heavy (non-hydrogen) atoms. The van der Waals surface area contributed by atoms with Gasteiger partial charge in [-0.15, -0.1) is 11.3 Å². The molecule has 0 spiro atoms. The summed E-state index contributed by atoms with van der Waals surface area (Å²) in [6.45, 7) is -0.352. The molecule has 0 aliphatic heterocycles. The lowest BCUT2D eigenvalue weighted by Gasteiger charge is -2.11. The van der Waals surface area contributed by atoms with Crippen molar-refractivity contribution in [2.75, 3.05) is 13.7 Å². The number of carbonyl (C=O) groups is 1. The number of rotatable bonds is 4. The Morgan fingerprint density at radius 3 is 3.00 bits per heavy atom. The Balaban J connectivity index is 2.70. The van der Waals surface area contributed by atoms with Crippen molar-refractivity contribution in [1.29, 1.82) is 0 Å². The largest absolute Gasteiger partial charge is 0.453 e. The smallest absolute Gasteiger partial charge is 0.407 e. The molecule has 1 rings (SSSR count). The molecule has 0 bridgehead atoms. The van der Waals surface area contributed by atoms with Gasteiger partial charge in [0.2, 0.25) is 6.54 Å². The number of nitro groups is 1. The van der Waals surface area contributed by atoms with Crippen LogP contribution in [0.5, 0.6) is 0 Å². The first-order chi connectivity index (χ1) is 7.13. The summed E-state index contributed by atoms with van der Waals surface area (Å²) in [6, 6.07) is 2.87. The van der Waals surface area contributed by atoms with E-state index in [0.717, 1.165) is 4.88 Å². The van der Waals surface area contributed by atoms with Gasteiger partial charge >= 0.3 is 6.09 Å². The first kappa shape index (κ1) is 11.4. The third-order valence-corrected chi connectivity index (χ3v) is 2.68. The molecule has 1 unspecified atom stereocenters. The van der Waals surface area contributed by atoms with Crippen molar-refractivity contribution in [2.24, 2.45) is 0 Å². The lowest BCUT2D eigenvalue weighted by Crippen LogP contribution is -2.32. The van der Waals surface area contributed by atoms with E-state index < -0.39 is 17.1 Å². The van der Waals surface area contributed by atoms with Crippen LogP contribution in [-0.4, -0.2) is 24.7 Å². The predicted molar refractivity (Wildman–Crippen MR) is 54.5 cm³/mol. The molecule has 7 heteroatoms. The van der Waals surface area contributed by atoms with Crippen LogP contribution in [0, 0.1) is 10.1 Å². The maximum atomic E-state index is 10.9. The van der Waals surface area contributed by atoms with E-state index in [1.54, 1.807) is 17.5 Å². The Morgan fingerprint density at radius 1 is 1.80 bits per heavy atom. The first-order valence-corrected chi connectivity index (χ1v) is 5.01. The molecule has 0 fully saturated rings. The van der Waals surface area contributed by atoms with Crippen LogP contribution < -0.4 is 5.32 Å². The lowest BCUT2D eigenvalue weighted by atomic mass is 10.2. The zero-order valence-corrected chi connectivity index (χ0v) is 8.82. The van der Waals surface area contributed by atoms with Gasteiger partial charge in [0.05, 0.1) is 7.11 Å². The number of thiophene rings is 1. The fourth-order valence-electron chi connectivity index (χ4n) is 1.05. The first-order valence-electron chi connectivity index (χ1n) is 4.13. The Hall–Kier alpha value is -1.63. The van der Waals surface area contributed by atoms with Crippen molar-refractivity contribution < 1.29 is 14.5 Å². The summed E-state index contributed by atoms with van der Waals surface area (Å²) in [6.07, 6.45) is -0.671. The van der Waals surface area contributed by atoms with Crippen LogP contribution in [-0.2, 0) is 4.74 Å². The predicted octanol–water partition coefficient (Wildman–Crippen LogP) is 1.42. The summed E-state index contributed by atoms with van der Waals surface area (Å²) in [5, 5.41) is 14.6. The molecule has 0 aliphatic rings. The van der Waals surface area contributed by atoms with Crippen molar-refractivity contribution in [3.05, 3.63) is 32.5 Å². The van der Waals surface area contributed by atoms with Gasteiger partial charge in [-0.25, -0.2) is 4.79 Å². The van der Waals surface area contributed by atoms with Crippen LogP contribution in [0.25, 0.3) is 0 Å². The summed E-state index contributed by atoms with van der Waals surface area (Å²) < 4.78 is 4.39. The number of nitrogens with one attached hydrogen (secondary N) is 1. The third kappa shape index (κ3) is 3.55. The molecular weight excluding hydrogens is 220 g/mol. The minimum absolute atomic E-state index is 0.352. The van der Waals surface area contributed by atoms with Gasteiger partial charge < -0.3 is 10.1 Å². The monoisotopic (exact) mass is 230 g/mol. The second-order valence-electron chi connectivity index (χ2n) is 2.72. The molecule has 82 valence electrons. The molecular formula is C8H10N2O4S. The van der Waals surface area contributed by atoms with E-state index in [2.05, 4.69) is 10.1 Å². The number of methoxy groups -OCH3 is 1. The van der Waals surface area contributed by atoms with E-state index in [1.807, 2.05) is 0 Å². The van der Waals surface area contributed by atoms with Gasteiger partial charge in [0.15, 0.2) is 0 Å². The zero-order valence-electron chi connectivity index (χ0n) is 8.00. The van der Waals surface area contributed by atoms with Crippen LogP contribution in [0.15, 0.2) is 17.5 Å². The fourth-order valence-corrected chi connectivity index (χ4v) is 1.82. The highest BCUT2D eigenvalue weighted by molar-refractivity contribution is 7.10. The summed E-state index contributed by atoms with van der Waals surface area (Å²) in [5.74, 6) is 0. The number of hydrogen-bond donors (Lipinski definition) is 1. The molecule has 1 heterocycles.